The summed E-state index contributed by atoms with van der Waals surface area (Å²) in [7, 11) is 1.37. The maximum absolute atomic E-state index is 13.1. The van der Waals surface area contributed by atoms with Crippen molar-refractivity contribution in [3.8, 4) is 11.5 Å². The van der Waals surface area contributed by atoms with Crippen LogP contribution in [0.5, 0.6) is 11.5 Å². The number of rotatable bonds is 4. The molecule has 1 rings (SSSR count). The van der Waals surface area contributed by atoms with Crippen LogP contribution < -0.4 is 9.47 Å². The molecule has 1 aromatic carbocycles. The molecule has 0 aromatic heterocycles. The fraction of sp³-hybridized carbons (Fsp3) is 0.300. The number of benzene rings is 1. The van der Waals surface area contributed by atoms with E-state index >= 15 is 0 Å². The van der Waals surface area contributed by atoms with Gasteiger partial charge in [0.25, 0.3) is 0 Å². The third kappa shape index (κ3) is 1.84. The number of hydrogen-bond donors (Lipinski definition) is 0. The first-order valence-corrected chi connectivity index (χ1v) is 4.19. The fourth-order valence-electron chi connectivity index (χ4n) is 1.15. The van der Waals surface area contributed by atoms with Crippen molar-refractivity contribution in [2.45, 2.75) is 6.92 Å². The zero-order chi connectivity index (χ0) is 10.6. The minimum Gasteiger partial charge on any atom is -0.492 e. The molecule has 0 fully saturated rings. The van der Waals surface area contributed by atoms with E-state index < -0.39 is 5.82 Å². The quantitative estimate of drug-likeness (QED) is 0.694. The van der Waals surface area contributed by atoms with Gasteiger partial charge in [0.05, 0.1) is 19.3 Å². The number of hydrogen-bond acceptors (Lipinski definition) is 3. The molecule has 0 amide bonds. The van der Waals surface area contributed by atoms with Gasteiger partial charge >= 0.3 is 0 Å². The predicted molar refractivity (Wildman–Crippen MR) is 49.5 cm³/mol. The average Bonchev–Trinajstić information content (AvgIpc) is 2.20. The molecule has 0 radical (unpaired) electrons. The molecule has 14 heavy (non-hydrogen) atoms. The number of aldehydes is 1. The van der Waals surface area contributed by atoms with E-state index in [4.69, 9.17) is 9.47 Å². The number of carbonyl (C=O) groups is 1. The van der Waals surface area contributed by atoms with Crippen LogP contribution in [0, 0.1) is 5.82 Å². The van der Waals surface area contributed by atoms with E-state index in [0.717, 1.165) is 0 Å². The third-order valence-corrected chi connectivity index (χ3v) is 1.73. The van der Waals surface area contributed by atoms with Crippen LogP contribution >= 0.6 is 0 Å². The van der Waals surface area contributed by atoms with Crippen molar-refractivity contribution in [2.75, 3.05) is 13.7 Å². The van der Waals surface area contributed by atoms with E-state index in [1.807, 2.05) is 0 Å². The van der Waals surface area contributed by atoms with Gasteiger partial charge in [-0.2, -0.15) is 0 Å². The Morgan fingerprint density at radius 3 is 2.71 bits per heavy atom. The second-order valence-electron chi connectivity index (χ2n) is 2.54. The Hall–Kier alpha value is -1.58. The van der Waals surface area contributed by atoms with Crippen LogP contribution in [0.3, 0.4) is 0 Å². The summed E-state index contributed by atoms with van der Waals surface area (Å²) in [4.78, 5) is 10.6. The molecule has 0 N–H and O–H groups in total. The van der Waals surface area contributed by atoms with Gasteiger partial charge in [0.1, 0.15) is 5.82 Å². The lowest BCUT2D eigenvalue weighted by molar-refractivity contribution is 0.111. The van der Waals surface area contributed by atoms with Gasteiger partial charge in [-0.1, -0.05) is 0 Å². The van der Waals surface area contributed by atoms with Gasteiger partial charge in [-0.3, -0.25) is 4.79 Å². The smallest absolute Gasteiger partial charge is 0.174 e. The van der Waals surface area contributed by atoms with Crippen LogP contribution in [0.2, 0.25) is 0 Å². The van der Waals surface area contributed by atoms with Crippen molar-refractivity contribution in [1.82, 2.24) is 0 Å². The summed E-state index contributed by atoms with van der Waals surface area (Å²) in [5, 5.41) is 0. The molecule has 1 aromatic rings. The Morgan fingerprint density at radius 1 is 1.50 bits per heavy atom. The number of ether oxygens (including phenoxy) is 2. The summed E-state index contributed by atoms with van der Waals surface area (Å²) in [5.74, 6) is -0.0966. The summed E-state index contributed by atoms with van der Waals surface area (Å²) in [6.45, 7) is 2.23. The van der Waals surface area contributed by atoms with E-state index in [2.05, 4.69) is 0 Å². The fourth-order valence-corrected chi connectivity index (χ4v) is 1.15. The van der Waals surface area contributed by atoms with Crippen LogP contribution in [-0.2, 0) is 0 Å². The second kappa shape index (κ2) is 4.60. The first kappa shape index (κ1) is 10.5. The molecule has 0 aliphatic carbocycles. The van der Waals surface area contributed by atoms with Gasteiger partial charge in [0, 0.05) is 0 Å². The first-order valence-electron chi connectivity index (χ1n) is 4.19. The molecular weight excluding hydrogens is 187 g/mol. The molecule has 0 unspecified atom stereocenters. The molecule has 0 atom stereocenters. The van der Waals surface area contributed by atoms with Crippen LogP contribution in [0.4, 0.5) is 4.39 Å². The van der Waals surface area contributed by atoms with Gasteiger partial charge in [-0.05, 0) is 19.1 Å². The molecule has 0 heterocycles. The van der Waals surface area contributed by atoms with E-state index in [9.17, 15) is 9.18 Å². The second-order valence-corrected chi connectivity index (χ2v) is 2.54. The van der Waals surface area contributed by atoms with Crippen molar-refractivity contribution >= 4 is 6.29 Å². The molecule has 0 aliphatic heterocycles. The normalized spacial score (nSPS) is 9.64. The van der Waals surface area contributed by atoms with Gasteiger partial charge in [-0.15, -0.1) is 0 Å². The maximum Gasteiger partial charge on any atom is 0.174 e. The standard InChI is InChI=1S/C10H11FO3/c1-3-14-9-5-4-8(11)7(6-12)10(9)13-2/h4-6H,3H2,1-2H3. The third-order valence-electron chi connectivity index (χ3n) is 1.73. The van der Waals surface area contributed by atoms with Crippen molar-refractivity contribution < 1.29 is 18.7 Å². The zero-order valence-electron chi connectivity index (χ0n) is 8.04. The van der Waals surface area contributed by atoms with Crippen molar-refractivity contribution in [3.05, 3.63) is 23.5 Å². The molecule has 0 saturated heterocycles. The number of methoxy groups -OCH3 is 1. The molecule has 0 saturated carbocycles. The van der Waals surface area contributed by atoms with E-state index in [1.54, 1.807) is 6.92 Å². The minimum absolute atomic E-state index is 0.113. The van der Waals surface area contributed by atoms with Crippen LogP contribution in [0.25, 0.3) is 0 Å². The highest BCUT2D eigenvalue weighted by atomic mass is 19.1. The number of carbonyl (C=O) groups excluding carboxylic acids is 1. The largest absolute Gasteiger partial charge is 0.492 e. The molecule has 0 bridgehead atoms. The van der Waals surface area contributed by atoms with Gasteiger partial charge in [-0.25, -0.2) is 4.39 Å². The van der Waals surface area contributed by atoms with Crippen LogP contribution in [-0.4, -0.2) is 20.0 Å². The predicted octanol–water partition coefficient (Wildman–Crippen LogP) is 2.05. The summed E-state index contributed by atoms with van der Waals surface area (Å²) in [6, 6.07) is 2.61. The highest BCUT2D eigenvalue weighted by molar-refractivity contribution is 5.81. The van der Waals surface area contributed by atoms with Gasteiger partial charge in [0.15, 0.2) is 17.8 Å². The molecule has 0 spiro atoms. The van der Waals surface area contributed by atoms with Crippen molar-refractivity contribution in [1.29, 1.82) is 0 Å². The maximum atomic E-state index is 13.1. The Morgan fingerprint density at radius 2 is 2.21 bits per heavy atom. The first-order chi connectivity index (χ1) is 6.74. The van der Waals surface area contributed by atoms with Gasteiger partial charge < -0.3 is 9.47 Å². The summed E-state index contributed by atoms with van der Waals surface area (Å²) < 4.78 is 23.2. The summed E-state index contributed by atoms with van der Waals surface area (Å²) >= 11 is 0. The van der Waals surface area contributed by atoms with Crippen LogP contribution in [0.15, 0.2) is 12.1 Å². The van der Waals surface area contributed by atoms with Crippen molar-refractivity contribution in [3.63, 3.8) is 0 Å². The Balaban J connectivity index is 3.25. The Kier molecular flexibility index (Phi) is 3.45. The Labute approximate surface area is 81.4 Å². The Bertz CT molecular complexity index is 336. The lowest BCUT2D eigenvalue weighted by Gasteiger charge is -2.10. The SMILES string of the molecule is CCOc1ccc(F)c(C=O)c1OC. The lowest BCUT2D eigenvalue weighted by Crippen LogP contribution is -2.00. The monoisotopic (exact) mass is 198 g/mol. The number of halogens is 1. The van der Waals surface area contributed by atoms with Crippen LogP contribution in [0.1, 0.15) is 17.3 Å². The summed E-state index contributed by atoms with van der Waals surface area (Å²) in [6.07, 6.45) is 0.413. The minimum atomic E-state index is -0.611. The topological polar surface area (TPSA) is 35.5 Å². The summed E-state index contributed by atoms with van der Waals surface area (Å²) in [5.41, 5.74) is -0.113. The molecule has 3 nitrogen and oxygen atoms in total. The lowest BCUT2D eigenvalue weighted by atomic mass is 10.2. The average molecular weight is 198 g/mol. The van der Waals surface area contributed by atoms with E-state index in [-0.39, 0.29) is 11.3 Å². The highest BCUT2D eigenvalue weighted by Crippen LogP contribution is 2.31. The molecule has 76 valence electrons. The molecule has 4 heteroatoms. The van der Waals surface area contributed by atoms with E-state index in [0.29, 0.717) is 18.6 Å². The van der Waals surface area contributed by atoms with Gasteiger partial charge in [0.2, 0.25) is 0 Å². The van der Waals surface area contributed by atoms with Crippen molar-refractivity contribution in [2.24, 2.45) is 0 Å². The highest BCUT2D eigenvalue weighted by Gasteiger charge is 2.14. The molecular formula is C10H11FO3. The zero-order valence-corrected chi connectivity index (χ0v) is 8.04. The van der Waals surface area contributed by atoms with E-state index in [1.165, 1.54) is 19.2 Å². The molecule has 0 aliphatic rings.